The summed E-state index contributed by atoms with van der Waals surface area (Å²) in [4.78, 5) is 13.6. The fraction of sp³-hybridized carbons (Fsp3) is 0.462. The highest BCUT2D eigenvalue weighted by atomic mass is 79.9. The fourth-order valence-corrected chi connectivity index (χ4v) is 2.17. The minimum absolute atomic E-state index is 0.159. The third-order valence-electron chi connectivity index (χ3n) is 2.65. The molecule has 20 heavy (non-hydrogen) atoms. The molecule has 1 aromatic rings. The lowest BCUT2D eigenvalue weighted by atomic mass is 10.1. The summed E-state index contributed by atoms with van der Waals surface area (Å²) in [7, 11) is 0. The molecule has 0 aliphatic heterocycles. The van der Waals surface area contributed by atoms with Crippen molar-refractivity contribution < 1.29 is 22.4 Å². The van der Waals surface area contributed by atoms with E-state index in [1.807, 2.05) is 6.92 Å². The van der Waals surface area contributed by atoms with Crippen molar-refractivity contribution in [2.45, 2.75) is 19.5 Å². The molecule has 0 unspecified atom stereocenters. The molecule has 112 valence electrons. The predicted octanol–water partition coefficient (Wildman–Crippen LogP) is 4.09. The first-order valence-corrected chi connectivity index (χ1v) is 7.15. The molecular formula is C13H14BrF4NO. The number of halogens is 5. The lowest BCUT2D eigenvalue weighted by Gasteiger charge is -2.21. The third kappa shape index (κ3) is 4.19. The number of carbonyl (C=O) groups is 1. The standard InChI is InChI=1S/C13H14BrF4NO/c1-2-6-19(7-5-14)12(20)9-3-4-11(15)10(8-9)13(16,17)18/h3-4,8H,2,5-7H2,1H3. The summed E-state index contributed by atoms with van der Waals surface area (Å²) in [5.74, 6) is -1.91. The lowest BCUT2D eigenvalue weighted by molar-refractivity contribution is -0.140. The van der Waals surface area contributed by atoms with Gasteiger partial charge in [-0.3, -0.25) is 4.79 Å². The normalized spacial score (nSPS) is 11.5. The molecule has 0 aliphatic carbocycles. The van der Waals surface area contributed by atoms with Crippen LogP contribution >= 0.6 is 15.9 Å². The number of rotatable bonds is 5. The summed E-state index contributed by atoms with van der Waals surface area (Å²) in [5, 5.41) is 0.520. The van der Waals surface area contributed by atoms with Crippen molar-refractivity contribution in [2.75, 3.05) is 18.4 Å². The summed E-state index contributed by atoms with van der Waals surface area (Å²) in [6.07, 6.45) is -4.13. The quantitative estimate of drug-likeness (QED) is 0.575. The Bertz CT molecular complexity index is 470. The summed E-state index contributed by atoms with van der Waals surface area (Å²) in [5.41, 5.74) is -1.58. The van der Waals surface area contributed by atoms with E-state index in [1.54, 1.807) is 0 Å². The van der Waals surface area contributed by atoms with Crippen molar-refractivity contribution >= 4 is 21.8 Å². The number of nitrogens with zero attached hydrogens (tertiary/aromatic N) is 1. The average Bonchev–Trinajstić information content (AvgIpc) is 2.37. The van der Waals surface area contributed by atoms with Gasteiger partial charge in [0, 0.05) is 24.0 Å². The number of hydrogen-bond donors (Lipinski definition) is 0. The molecule has 0 saturated heterocycles. The minimum atomic E-state index is -4.81. The molecule has 7 heteroatoms. The van der Waals surface area contributed by atoms with Crippen LogP contribution in [-0.2, 0) is 6.18 Å². The van der Waals surface area contributed by atoms with Crippen LogP contribution in [0.1, 0.15) is 29.3 Å². The largest absolute Gasteiger partial charge is 0.419 e. The second-order valence-corrected chi connectivity index (χ2v) is 4.97. The van der Waals surface area contributed by atoms with Gasteiger partial charge in [-0.15, -0.1) is 0 Å². The van der Waals surface area contributed by atoms with E-state index in [9.17, 15) is 22.4 Å². The Morgan fingerprint density at radius 3 is 2.45 bits per heavy atom. The molecule has 0 bridgehead atoms. The van der Waals surface area contributed by atoms with E-state index < -0.39 is 23.5 Å². The molecule has 0 heterocycles. The van der Waals surface area contributed by atoms with E-state index in [2.05, 4.69) is 15.9 Å². The zero-order valence-electron chi connectivity index (χ0n) is 10.8. The fourth-order valence-electron chi connectivity index (χ4n) is 1.74. The Hall–Kier alpha value is -1.11. The predicted molar refractivity (Wildman–Crippen MR) is 71.4 cm³/mol. The van der Waals surface area contributed by atoms with Crippen LogP contribution in [-0.4, -0.2) is 29.2 Å². The first-order valence-electron chi connectivity index (χ1n) is 6.03. The maximum Gasteiger partial charge on any atom is 0.419 e. The van der Waals surface area contributed by atoms with Crippen LogP contribution in [0.2, 0.25) is 0 Å². The van der Waals surface area contributed by atoms with Gasteiger partial charge in [-0.1, -0.05) is 22.9 Å². The van der Waals surface area contributed by atoms with E-state index in [4.69, 9.17) is 0 Å². The van der Waals surface area contributed by atoms with E-state index >= 15 is 0 Å². The number of hydrogen-bond acceptors (Lipinski definition) is 1. The SMILES string of the molecule is CCCN(CCBr)C(=O)c1ccc(F)c(C(F)(F)F)c1. The second kappa shape index (κ2) is 7.06. The molecule has 0 atom stereocenters. The number of benzene rings is 1. The molecule has 1 amide bonds. The number of alkyl halides is 4. The Balaban J connectivity index is 3.10. The number of amides is 1. The van der Waals surface area contributed by atoms with Crippen molar-refractivity contribution in [1.82, 2.24) is 4.90 Å². The Morgan fingerprint density at radius 2 is 1.95 bits per heavy atom. The van der Waals surface area contributed by atoms with Gasteiger partial charge >= 0.3 is 6.18 Å². The van der Waals surface area contributed by atoms with Crippen LogP contribution in [0.3, 0.4) is 0 Å². The molecule has 0 aliphatic rings. The summed E-state index contributed by atoms with van der Waals surface area (Å²) in [6.45, 7) is 2.68. The summed E-state index contributed by atoms with van der Waals surface area (Å²) < 4.78 is 51.0. The van der Waals surface area contributed by atoms with Crippen LogP contribution in [0.15, 0.2) is 18.2 Å². The van der Waals surface area contributed by atoms with E-state index in [0.29, 0.717) is 37.0 Å². The highest BCUT2D eigenvalue weighted by Gasteiger charge is 2.35. The van der Waals surface area contributed by atoms with Gasteiger partial charge < -0.3 is 4.90 Å². The molecule has 2 nitrogen and oxygen atoms in total. The van der Waals surface area contributed by atoms with E-state index in [0.717, 1.165) is 6.07 Å². The highest BCUT2D eigenvalue weighted by molar-refractivity contribution is 9.09. The van der Waals surface area contributed by atoms with Gasteiger partial charge in [-0.2, -0.15) is 13.2 Å². The smallest absolute Gasteiger partial charge is 0.338 e. The van der Waals surface area contributed by atoms with Gasteiger partial charge in [0.25, 0.3) is 5.91 Å². The number of carbonyl (C=O) groups excluding carboxylic acids is 1. The first kappa shape index (κ1) is 16.9. The molecular weight excluding hydrogens is 342 g/mol. The molecule has 0 N–H and O–H groups in total. The molecule has 1 rings (SSSR count). The zero-order valence-corrected chi connectivity index (χ0v) is 12.4. The van der Waals surface area contributed by atoms with Crippen LogP contribution in [0, 0.1) is 5.82 Å². The van der Waals surface area contributed by atoms with Crippen molar-refractivity contribution in [2.24, 2.45) is 0 Å². The van der Waals surface area contributed by atoms with Gasteiger partial charge in [-0.25, -0.2) is 4.39 Å². The van der Waals surface area contributed by atoms with Gasteiger partial charge in [0.2, 0.25) is 0 Å². The first-order chi connectivity index (χ1) is 9.31. The maximum absolute atomic E-state index is 13.2. The monoisotopic (exact) mass is 355 g/mol. The van der Waals surface area contributed by atoms with E-state index in [-0.39, 0.29) is 5.56 Å². The Kier molecular flexibility index (Phi) is 5.98. The summed E-state index contributed by atoms with van der Waals surface area (Å²) >= 11 is 3.18. The van der Waals surface area contributed by atoms with Crippen LogP contribution < -0.4 is 0 Å². The van der Waals surface area contributed by atoms with Crippen molar-refractivity contribution in [3.05, 3.63) is 35.1 Å². The maximum atomic E-state index is 13.2. The Morgan fingerprint density at radius 1 is 1.30 bits per heavy atom. The third-order valence-corrected chi connectivity index (χ3v) is 3.01. The van der Waals surface area contributed by atoms with Gasteiger partial charge in [-0.05, 0) is 24.6 Å². The van der Waals surface area contributed by atoms with Gasteiger partial charge in [0.1, 0.15) is 5.82 Å². The van der Waals surface area contributed by atoms with E-state index in [1.165, 1.54) is 4.90 Å². The average molecular weight is 356 g/mol. The molecule has 0 aromatic heterocycles. The highest BCUT2D eigenvalue weighted by Crippen LogP contribution is 2.32. The van der Waals surface area contributed by atoms with Gasteiger partial charge in [0.15, 0.2) is 0 Å². The van der Waals surface area contributed by atoms with Gasteiger partial charge in [0.05, 0.1) is 5.56 Å². The molecule has 0 radical (unpaired) electrons. The van der Waals surface area contributed by atoms with Crippen LogP contribution in [0.4, 0.5) is 17.6 Å². The molecule has 0 saturated carbocycles. The second-order valence-electron chi connectivity index (χ2n) is 4.17. The minimum Gasteiger partial charge on any atom is -0.338 e. The lowest BCUT2D eigenvalue weighted by Crippen LogP contribution is -2.33. The van der Waals surface area contributed by atoms with Crippen molar-refractivity contribution in [3.63, 3.8) is 0 Å². The molecule has 0 fully saturated rings. The van der Waals surface area contributed by atoms with Crippen LogP contribution in [0.25, 0.3) is 0 Å². The summed E-state index contributed by atoms with van der Waals surface area (Å²) in [6, 6.07) is 2.31. The van der Waals surface area contributed by atoms with Crippen molar-refractivity contribution in [3.8, 4) is 0 Å². The topological polar surface area (TPSA) is 20.3 Å². The molecule has 1 aromatic carbocycles. The zero-order chi connectivity index (χ0) is 15.3. The van der Waals surface area contributed by atoms with Crippen LogP contribution in [0.5, 0.6) is 0 Å². The van der Waals surface area contributed by atoms with Crippen molar-refractivity contribution in [1.29, 1.82) is 0 Å². The molecule has 0 spiro atoms. The Labute approximate surface area is 122 Å².